The van der Waals surface area contributed by atoms with Gasteiger partial charge >= 0.3 is 0 Å². The van der Waals surface area contributed by atoms with Crippen LogP contribution in [0.15, 0.2) is 0 Å². The second-order valence-electron chi connectivity index (χ2n) is 5.60. The van der Waals surface area contributed by atoms with Gasteiger partial charge in [0.15, 0.2) is 0 Å². The van der Waals surface area contributed by atoms with Crippen molar-refractivity contribution in [1.29, 1.82) is 0 Å². The Balaban J connectivity index is 2.38. The molecule has 1 aliphatic rings. The normalized spacial score (nSPS) is 28.7. The van der Waals surface area contributed by atoms with Crippen LogP contribution in [-0.4, -0.2) is 12.6 Å². The molecule has 0 aromatic carbocycles. The van der Waals surface area contributed by atoms with Crippen molar-refractivity contribution in [2.45, 2.75) is 59.4 Å². The molecule has 1 N–H and O–H groups in total. The van der Waals surface area contributed by atoms with Gasteiger partial charge in [-0.1, -0.05) is 40.5 Å². The van der Waals surface area contributed by atoms with Gasteiger partial charge in [-0.25, -0.2) is 0 Å². The molecule has 0 saturated heterocycles. The summed E-state index contributed by atoms with van der Waals surface area (Å²) in [5.41, 5.74) is 0. The summed E-state index contributed by atoms with van der Waals surface area (Å²) in [6.45, 7) is 10.5. The van der Waals surface area contributed by atoms with Crippen molar-refractivity contribution >= 4 is 0 Å². The van der Waals surface area contributed by atoms with Gasteiger partial charge in [-0.05, 0) is 37.1 Å². The van der Waals surface area contributed by atoms with E-state index in [1.54, 1.807) is 0 Å². The highest BCUT2D eigenvalue weighted by Crippen LogP contribution is 2.30. The van der Waals surface area contributed by atoms with Gasteiger partial charge < -0.3 is 5.32 Å². The molecule has 0 heterocycles. The molecule has 14 heavy (non-hydrogen) atoms. The third-order valence-electron chi connectivity index (χ3n) is 3.46. The Labute approximate surface area is 89.7 Å². The van der Waals surface area contributed by atoms with Crippen LogP contribution < -0.4 is 5.32 Å². The molecule has 1 heteroatoms. The van der Waals surface area contributed by atoms with Gasteiger partial charge in [-0.3, -0.25) is 0 Å². The highest BCUT2D eigenvalue weighted by molar-refractivity contribution is 4.82. The first-order valence-corrected chi connectivity index (χ1v) is 6.34. The summed E-state index contributed by atoms with van der Waals surface area (Å²) >= 11 is 0. The van der Waals surface area contributed by atoms with E-state index in [1.165, 1.54) is 32.2 Å². The van der Waals surface area contributed by atoms with Crippen LogP contribution in [0.4, 0.5) is 0 Å². The zero-order valence-electron chi connectivity index (χ0n) is 10.3. The van der Waals surface area contributed by atoms with Gasteiger partial charge in [-0.15, -0.1) is 0 Å². The maximum atomic E-state index is 3.75. The lowest BCUT2D eigenvalue weighted by Crippen LogP contribution is -2.42. The van der Waals surface area contributed by atoms with Gasteiger partial charge in [0, 0.05) is 6.04 Å². The molecule has 0 aromatic heterocycles. The average Bonchev–Trinajstić information content (AvgIpc) is 2.15. The van der Waals surface area contributed by atoms with Crippen LogP contribution in [0.25, 0.3) is 0 Å². The summed E-state index contributed by atoms with van der Waals surface area (Å²) < 4.78 is 0. The highest BCUT2D eigenvalue weighted by atomic mass is 14.9. The van der Waals surface area contributed by atoms with Crippen LogP contribution in [0, 0.1) is 17.8 Å². The molecule has 0 bridgehead atoms. The predicted molar refractivity (Wildman–Crippen MR) is 63.4 cm³/mol. The Hall–Kier alpha value is -0.0400. The molecule has 0 radical (unpaired) electrons. The summed E-state index contributed by atoms with van der Waals surface area (Å²) in [6.07, 6.45) is 5.71. The van der Waals surface area contributed by atoms with Crippen molar-refractivity contribution in [3.63, 3.8) is 0 Å². The van der Waals surface area contributed by atoms with Crippen molar-refractivity contribution in [3.05, 3.63) is 0 Å². The van der Waals surface area contributed by atoms with Crippen molar-refractivity contribution in [1.82, 2.24) is 5.32 Å². The lowest BCUT2D eigenvalue weighted by atomic mass is 9.78. The third kappa shape index (κ3) is 3.61. The van der Waals surface area contributed by atoms with E-state index >= 15 is 0 Å². The molecule has 2 atom stereocenters. The molecule has 1 saturated carbocycles. The van der Waals surface area contributed by atoms with E-state index in [0.717, 1.165) is 23.8 Å². The van der Waals surface area contributed by atoms with Crippen LogP contribution in [0.5, 0.6) is 0 Å². The van der Waals surface area contributed by atoms with Crippen LogP contribution in [0.2, 0.25) is 0 Å². The van der Waals surface area contributed by atoms with E-state index in [4.69, 9.17) is 0 Å². The Morgan fingerprint density at radius 3 is 2.29 bits per heavy atom. The van der Waals surface area contributed by atoms with E-state index < -0.39 is 0 Å². The third-order valence-corrected chi connectivity index (χ3v) is 3.46. The molecular weight excluding hydrogens is 170 g/mol. The van der Waals surface area contributed by atoms with E-state index in [1.807, 2.05) is 0 Å². The molecular formula is C13H27N. The van der Waals surface area contributed by atoms with Crippen LogP contribution >= 0.6 is 0 Å². The molecule has 84 valence electrons. The quantitative estimate of drug-likeness (QED) is 0.728. The first-order chi connectivity index (χ1) is 6.61. The molecule has 2 unspecified atom stereocenters. The largest absolute Gasteiger partial charge is 0.313 e. The standard InChI is InChI=1S/C13H27N/c1-10(2)9-14-13-8-6-5-7-12(13)11(3)4/h10-14H,5-9H2,1-4H3. The predicted octanol–water partition coefficient (Wildman–Crippen LogP) is 3.45. The maximum absolute atomic E-state index is 3.75. The number of nitrogens with one attached hydrogen (secondary N) is 1. The molecule has 0 aliphatic heterocycles. The number of rotatable bonds is 4. The molecule has 1 rings (SSSR count). The summed E-state index contributed by atoms with van der Waals surface area (Å²) in [6, 6.07) is 0.797. The van der Waals surface area contributed by atoms with Crippen molar-refractivity contribution in [3.8, 4) is 0 Å². The molecule has 0 amide bonds. The molecule has 0 spiro atoms. The SMILES string of the molecule is CC(C)CNC1CCCCC1C(C)C. The number of hydrogen-bond acceptors (Lipinski definition) is 1. The smallest absolute Gasteiger partial charge is 0.00978 e. The molecule has 1 nitrogen and oxygen atoms in total. The Kier molecular flexibility index (Phi) is 4.94. The van der Waals surface area contributed by atoms with Gasteiger partial charge in [0.25, 0.3) is 0 Å². The van der Waals surface area contributed by atoms with Gasteiger partial charge in [0.2, 0.25) is 0 Å². The van der Waals surface area contributed by atoms with Gasteiger partial charge in [0.05, 0.1) is 0 Å². The summed E-state index contributed by atoms with van der Waals surface area (Å²) in [7, 11) is 0. The lowest BCUT2D eigenvalue weighted by molar-refractivity contribution is 0.202. The Morgan fingerprint density at radius 1 is 1.07 bits per heavy atom. The number of hydrogen-bond donors (Lipinski definition) is 1. The van der Waals surface area contributed by atoms with Crippen molar-refractivity contribution < 1.29 is 0 Å². The Bertz CT molecular complexity index is 151. The van der Waals surface area contributed by atoms with Crippen LogP contribution in [0.3, 0.4) is 0 Å². The van der Waals surface area contributed by atoms with E-state index in [0.29, 0.717) is 0 Å². The highest BCUT2D eigenvalue weighted by Gasteiger charge is 2.26. The minimum absolute atomic E-state index is 0.782. The van der Waals surface area contributed by atoms with Crippen molar-refractivity contribution in [2.24, 2.45) is 17.8 Å². The van der Waals surface area contributed by atoms with Crippen LogP contribution in [-0.2, 0) is 0 Å². The first kappa shape index (κ1) is 12.0. The monoisotopic (exact) mass is 197 g/mol. The van der Waals surface area contributed by atoms with Crippen molar-refractivity contribution in [2.75, 3.05) is 6.54 Å². The zero-order chi connectivity index (χ0) is 10.6. The average molecular weight is 197 g/mol. The topological polar surface area (TPSA) is 12.0 Å². The fourth-order valence-corrected chi connectivity index (χ4v) is 2.60. The van der Waals surface area contributed by atoms with E-state index in [9.17, 15) is 0 Å². The summed E-state index contributed by atoms with van der Waals surface area (Å²) in [4.78, 5) is 0. The lowest BCUT2D eigenvalue weighted by Gasteiger charge is -2.35. The van der Waals surface area contributed by atoms with Gasteiger partial charge in [0.1, 0.15) is 0 Å². The minimum Gasteiger partial charge on any atom is -0.313 e. The molecule has 1 aliphatic carbocycles. The zero-order valence-corrected chi connectivity index (χ0v) is 10.3. The van der Waals surface area contributed by atoms with Gasteiger partial charge in [-0.2, -0.15) is 0 Å². The first-order valence-electron chi connectivity index (χ1n) is 6.34. The molecule has 0 aromatic rings. The fourth-order valence-electron chi connectivity index (χ4n) is 2.60. The Morgan fingerprint density at radius 2 is 1.71 bits per heavy atom. The van der Waals surface area contributed by atoms with E-state index in [2.05, 4.69) is 33.0 Å². The second-order valence-corrected chi connectivity index (χ2v) is 5.60. The second kappa shape index (κ2) is 5.75. The van der Waals surface area contributed by atoms with Crippen LogP contribution in [0.1, 0.15) is 53.4 Å². The minimum atomic E-state index is 0.782. The van der Waals surface area contributed by atoms with E-state index in [-0.39, 0.29) is 0 Å². The maximum Gasteiger partial charge on any atom is 0.00978 e. The summed E-state index contributed by atoms with van der Waals surface area (Å²) in [5, 5.41) is 3.75. The fraction of sp³-hybridized carbons (Fsp3) is 1.00. The summed E-state index contributed by atoms with van der Waals surface area (Å²) in [5.74, 6) is 2.55. The molecule has 1 fully saturated rings.